The smallest absolute Gasteiger partial charge is 0.133 e. The summed E-state index contributed by atoms with van der Waals surface area (Å²) in [5, 5.41) is 0.755. The maximum absolute atomic E-state index is 5.91. The molecule has 21 heavy (non-hydrogen) atoms. The fourth-order valence-corrected chi connectivity index (χ4v) is 2.55. The highest BCUT2D eigenvalue weighted by atomic mass is 35.5. The average Bonchev–Trinajstić information content (AvgIpc) is 2.85. The van der Waals surface area contributed by atoms with Gasteiger partial charge < -0.3 is 4.57 Å². The first-order valence-corrected chi connectivity index (χ1v) is 7.54. The van der Waals surface area contributed by atoms with Crippen LogP contribution in [0, 0.1) is 0 Å². The lowest BCUT2D eigenvalue weighted by Gasteiger charge is -2.04. The lowest BCUT2D eigenvalue weighted by molar-refractivity contribution is 0.691. The zero-order chi connectivity index (χ0) is 14.7. The van der Waals surface area contributed by atoms with E-state index < -0.39 is 0 Å². The van der Waals surface area contributed by atoms with Gasteiger partial charge in [0, 0.05) is 11.6 Å². The van der Waals surface area contributed by atoms with Gasteiger partial charge in [-0.3, -0.25) is 0 Å². The molecule has 0 fully saturated rings. The van der Waals surface area contributed by atoms with Crippen LogP contribution in [-0.2, 0) is 6.54 Å². The number of para-hydroxylation sites is 2. The molecule has 0 radical (unpaired) electrons. The monoisotopic (exact) mass is 296 g/mol. The van der Waals surface area contributed by atoms with Crippen molar-refractivity contribution >= 4 is 34.8 Å². The first-order valence-electron chi connectivity index (χ1n) is 7.17. The van der Waals surface area contributed by atoms with Crippen molar-refractivity contribution in [3.63, 3.8) is 0 Å². The van der Waals surface area contributed by atoms with Crippen LogP contribution in [0.15, 0.2) is 48.5 Å². The largest absolute Gasteiger partial charge is 0.324 e. The Labute approximate surface area is 129 Å². The Hall–Kier alpha value is -2.06. The third-order valence-electron chi connectivity index (χ3n) is 3.43. The predicted octanol–water partition coefficient (Wildman–Crippen LogP) is 5.27. The molecule has 0 bridgehead atoms. The summed E-state index contributed by atoms with van der Waals surface area (Å²) in [5.74, 6) is 0.994. The van der Waals surface area contributed by atoms with Crippen LogP contribution in [0.25, 0.3) is 23.2 Å². The molecule has 1 heterocycles. The number of rotatable bonds is 4. The van der Waals surface area contributed by atoms with E-state index in [1.54, 1.807) is 0 Å². The molecule has 0 spiro atoms. The summed E-state index contributed by atoms with van der Waals surface area (Å²) in [6.45, 7) is 3.16. The second-order valence-corrected chi connectivity index (χ2v) is 5.43. The normalized spacial score (nSPS) is 11.5. The van der Waals surface area contributed by atoms with Crippen molar-refractivity contribution < 1.29 is 0 Å². The summed E-state index contributed by atoms with van der Waals surface area (Å²) >= 11 is 5.91. The van der Waals surface area contributed by atoms with Crippen molar-refractivity contribution in [1.29, 1.82) is 0 Å². The Bertz CT molecular complexity index is 770. The number of imidazole rings is 1. The van der Waals surface area contributed by atoms with Gasteiger partial charge in [0.05, 0.1) is 11.0 Å². The molecule has 1 aromatic heterocycles. The molecule has 0 unspecified atom stereocenters. The standard InChI is InChI=1S/C18H17ClN2/c1-2-13-21-17-6-4-3-5-16(17)20-18(21)12-9-14-7-10-15(19)11-8-14/h3-12H,2,13H2,1H3. The third-order valence-corrected chi connectivity index (χ3v) is 3.68. The quantitative estimate of drug-likeness (QED) is 0.641. The molecule has 0 saturated heterocycles. The van der Waals surface area contributed by atoms with Crippen molar-refractivity contribution in [3.05, 3.63) is 64.9 Å². The minimum Gasteiger partial charge on any atom is -0.324 e. The molecule has 3 aromatic rings. The van der Waals surface area contributed by atoms with E-state index in [4.69, 9.17) is 16.6 Å². The third kappa shape index (κ3) is 3.01. The number of fused-ring (bicyclic) bond motifs is 1. The average molecular weight is 297 g/mol. The van der Waals surface area contributed by atoms with Gasteiger partial charge in [0.2, 0.25) is 0 Å². The van der Waals surface area contributed by atoms with Crippen molar-refractivity contribution in [3.8, 4) is 0 Å². The topological polar surface area (TPSA) is 17.8 Å². The van der Waals surface area contributed by atoms with Gasteiger partial charge in [-0.1, -0.05) is 48.9 Å². The van der Waals surface area contributed by atoms with Crippen LogP contribution in [0.1, 0.15) is 24.7 Å². The van der Waals surface area contributed by atoms with Crippen LogP contribution in [-0.4, -0.2) is 9.55 Å². The number of nitrogens with zero attached hydrogens (tertiary/aromatic N) is 2. The highest BCUT2D eigenvalue weighted by Gasteiger charge is 2.06. The first kappa shape index (κ1) is 13.9. The Morgan fingerprint density at radius 3 is 2.57 bits per heavy atom. The van der Waals surface area contributed by atoms with Crippen LogP contribution >= 0.6 is 11.6 Å². The molecule has 0 N–H and O–H groups in total. The highest BCUT2D eigenvalue weighted by Crippen LogP contribution is 2.19. The lowest BCUT2D eigenvalue weighted by Crippen LogP contribution is -1.99. The van der Waals surface area contributed by atoms with Gasteiger partial charge in [0.25, 0.3) is 0 Å². The Balaban J connectivity index is 1.99. The van der Waals surface area contributed by atoms with Crippen LogP contribution in [0.4, 0.5) is 0 Å². The van der Waals surface area contributed by atoms with Crippen molar-refractivity contribution in [2.75, 3.05) is 0 Å². The molecule has 0 aliphatic heterocycles. The molecule has 0 amide bonds. The minimum absolute atomic E-state index is 0.755. The van der Waals surface area contributed by atoms with Gasteiger partial charge in [-0.05, 0) is 42.3 Å². The van der Waals surface area contributed by atoms with Gasteiger partial charge >= 0.3 is 0 Å². The van der Waals surface area contributed by atoms with E-state index >= 15 is 0 Å². The lowest BCUT2D eigenvalue weighted by atomic mass is 10.2. The molecule has 0 aliphatic carbocycles. The van der Waals surface area contributed by atoms with Crippen molar-refractivity contribution in [1.82, 2.24) is 9.55 Å². The Morgan fingerprint density at radius 1 is 1.05 bits per heavy atom. The van der Waals surface area contributed by atoms with Gasteiger partial charge in [0.1, 0.15) is 5.82 Å². The number of benzene rings is 2. The van der Waals surface area contributed by atoms with E-state index in [1.165, 1.54) is 5.52 Å². The number of aromatic nitrogens is 2. The van der Waals surface area contributed by atoms with Crippen molar-refractivity contribution in [2.45, 2.75) is 19.9 Å². The van der Waals surface area contributed by atoms with E-state index in [2.05, 4.69) is 41.8 Å². The van der Waals surface area contributed by atoms with E-state index in [-0.39, 0.29) is 0 Å². The van der Waals surface area contributed by atoms with Gasteiger partial charge in [0.15, 0.2) is 0 Å². The van der Waals surface area contributed by atoms with Gasteiger partial charge in [-0.25, -0.2) is 4.98 Å². The van der Waals surface area contributed by atoms with Crippen molar-refractivity contribution in [2.24, 2.45) is 0 Å². The summed E-state index contributed by atoms with van der Waals surface area (Å²) in [6.07, 6.45) is 5.23. The fourth-order valence-electron chi connectivity index (χ4n) is 2.42. The molecule has 0 saturated carbocycles. The van der Waals surface area contributed by atoms with Gasteiger partial charge in [-0.2, -0.15) is 0 Å². The molecule has 0 aliphatic rings. The molecular weight excluding hydrogens is 280 g/mol. The maximum Gasteiger partial charge on any atom is 0.133 e. The van der Waals surface area contributed by atoms with Gasteiger partial charge in [-0.15, -0.1) is 0 Å². The Morgan fingerprint density at radius 2 is 1.81 bits per heavy atom. The molecule has 2 nitrogen and oxygen atoms in total. The summed E-state index contributed by atoms with van der Waals surface area (Å²) in [6, 6.07) is 16.1. The molecule has 106 valence electrons. The van der Waals surface area contributed by atoms with Crippen LogP contribution < -0.4 is 0 Å². The van der Waals surface area contributed by atoms with E-state index in [1.807, 2.05) is 30.3 Å². The summed E-state index contributed by atoms with van der Waals surface area (Å²) in [7, 11) is 0. The number of hydrogen-bond donors (Lipinski definition) is 0. The first-order chi connectivity index (χ1) is 10.3. The van der Waals surface area contributed by atoms with Crippen LogP contribution in [0.2, 0.25) is 5.02 Å². The maximum atomic E-state index is 5.91. The zero-order valence-electron chi connectivity index (χ0n) is 12.0. The van der Waals surface area contributed by atoms with E-state index in [9.17, 15) is 0 Å². The second-order valence-electron chi connectivity index (χ2n) is 5.00. The van der Waals surface area contributed by atoms with E-state index in [0.29, 0.717) is 0 Å². The highest BCUT2D eigenvalue weighted by molar-refractivity contribution is 6.30. The Kier molecular flexibility index (Phi) is 4.07. The molecule has 3 heteroatoms. The molecule has 0 atom stereocenters. The summed E-state index contributed by atoms with van der Waals surface area (Å²) in [4.78, 5) is 4.71. The molecule has 2 aromatic carbocycles. The van der Waals surface area contributed by atoms with E-state index in [0.717, 1.165) is 34.9 Å². The van der Waals surface area contributed by atoms with Crippen LogP contribution in [0.5, 0.6) is 0 Å². The molecule has 3 rings (SSSR count). The number of aryl methyl sites for hydroxylation is 1. The minimum atomic E-state index is 0.755. The van der Waals surface area contributed by atoms with Crippen LogP contribution in [0.3, 0.4) is 0 Å². The summed E-state index contributed by atoms with van der Waals surface area (Å²) < 4.78 is 2.27. The SMILES string of the molecule is CCCn1c(C=Cc2ccc(Cl)cc2)nc2ccccc21. The predicted molar refractivity (Wildman–Crippen MR) is 90.4 cm³/mol. The second kappa shape index (κ2) is 6.15. The molecular formula is C18H17ClN2. The summed E-state index contributed by atoms with van der Waals surface area (Å²) in [5.41, 5.74) is 3.35. The zero-order valence-corrected chi connectivity index (χ0v) is 12.7. The fraction of sp³-hybridized carbons (Fsp3) is 0.167. The number of halogens is 1. The number of hydrogen-bond acceptors (Lipinski definition) is 1.